The summed E-state index contributed by atoms with van der Waals surface area (Å²) in [7, 11) is 2.00. The number of aromatic nitrogens is 3. The van der Waals surface area contributed by atoms with Crippen molar-refractivity contribution in [1.29, 1.82) is 0 Å². The van der Waals surface area contributed by atoms with E-state index in [2.05, 4.69) is 10.2 Å². The van der Waals surface area contributed by atoms with E-state index in [0.29, 0.717) is 12.5 Å². The monoisotopic (exact) mass is 256 g/mol. The molecular formula is C11H20N4OS. The highest BCUT2D eigenvalue weighted by molar-refractivity contribution is 7.99. The van der Waals surface area contributed by atoms with Gasteiger partial charge in [0, 0.05) is 25.8 Å². The van der Waals surface area contributed by atoms with Gasteiger partial charge in [-0.15, -0.1) is 10.2 Å². The van der Waals surface area contributed by atoms with Crippen molar-refractivity contribution in [2.24, 2.45) is 18.7 Å². The molecular weight excluding hydrogens is 236 g/mol. The molecule has 1 aromatic rings. The predicted octanol–water partition coefficient (Wildman–Crippen LogP) is 0.835. The van der Waals surface area contributed by atoms with Crippen LogP contribution < -0.4 is 5.73 Å². The fraction of sp³-hybridized carbons (Fsp3) is 0.818. The molecule has 1 unspecified atom stereocenters. The summed E-state index contributed by atoms with van der Waals surface area (Å²) < 4.78 is 7.51. The lowest BCUT2D eigenvalue weighted by molar-refractivity contribution is 0.0632. The van der Waals surface area contributed by atoms with Crippen LogP contribution >= 0.6 is 11.8 Å². The first-order valence-corrected chi connectivity index (χ1v) is 7.08. The summed E-state index contributed by atoms with van der Waals surface area (Å²) in [5, 5.41) is 9.33. The van der Waals surface area contributed by atoms with Crippen LogP contribution in [0.25, 0.3) is 0 Å². The summed E-state index contributed by atoms with van der Waals surface area (Å²) in [5.74, 6) is 2.69. The van der Waals surface area contributed by atoms with E-state index < -0.39 is 0 Å². The number of rotatable bonds is 5. The van der Waals surface area contributed by atoms with Crippen molar-refractivity contribution in [3.05, 3.63) is 5.82 Å². The van der Waals surface area contributed by atoms with Crippen molar-refractivity contribution in [3.8, 4) is 0 Å². The SMILES string of the molecule is Cn1c(CCN)nnc1SCC1CCCOC1. The van der Waals surface area contributed by atoms with E-state index in [4.69, 9.17) is 10.5 Å². The van der Waals surface area contributed by atoms with Crippen LogP contribution in [0.1, 0.15) is 18.7 Å². The molecule has 1 fully saturated rings. The summed E-state index contributed by atoms with van der Waals surface area (Å²) in [4.78, 5) is 0. The number of thioether (sulfide) groups is 1. The Hall–Kier alpha value is -0.590. The first kappa shape index (κ1) is 12.9. The molecule has 6 heteroatoms. The number of hydrogen-bond donors (Lipinski definition) is 1. The number of ether oxygens (including phenoxy) is 1. The van der Waals surface area contributed by atoms with Crippen molar-refractivity contribution in [3.63, 3.8) is 0 Å². The van der Waals surface area contributed by atoms with Crippen molar-refractivity contribution < 1.29 is 4.74 Å². The fourth-order valence-electron chi connectivity index (χ4n) is 1.95. The zero-order valence-corrected chi connectivity index (χ0v) is 11.1. The van der Waals surface area contributed by atoms with Gasteiger partial charge in [0.15, 0.2) is 5.16 Å². The highest BCUT2D eigenvalue weighted by Gasteiger charge is 2.16. The van der Waals surface area contributed by atoms with Crippen molar-refractivity contribution in [2.75, 3.05) is 25.5 Å². The Kier molecular flexibility index (Phi) is 4.82. The van der Waals surface area contributed by atoms with Gasteiger partial charge in [-0.2, -0.15) is 0 Å². The molecule has 2 heterocycles. The molecule has 0 amide bonds. The second-order valence-electron chi connectivity index (χ2n) is 4.39. The Bertz CT molecular complexity index is 349. The maximum absolute atomic E-state index is 5.53. The Labute approximate surface area is 106 Å². The van der Waals surface area contributed by atoms with E-state index in [1.165, 1.54) is 12.8 Å². The zero-order valence-electron chi connectivity index (χ0n) is 10.3. The predicted molar refractivity (Wildman–Crippen MR) is 68.0 cm³/mol. The molecule has 0 saturated carbocycles. The van der Waals surface area contributed by atoms with E-state index in [1.54, 1.807) is 11.8 Å². The van der Waals surface area contributed by atoms with Gasteiger partial charge in [-0.3, -0.25) is 0 Å². The molecule has 1 aromatic heterocycles. The number of hydrogen-bond acceptors (Lipinski definition) is 5. The van der Waals surface area contributed by atoms with E-state index in [-0.39, 0.29) is 0 Å². The molecule has 1 atom stereocenters. The van der Waals surface area contributed by atoms with Gasteiger partial charge in [-0.05, 0) is 25.3 Å². The zero-order chi connectivity index (χ0) is 12.1. The minimum absolute atomic E-state index is 0.618. The topological polar surface area (TPSA) is 66.0 Å². The van der Waals surface area contributed by atoms with Gasteiger partial charge in [-0.25, -0.2) is 0 Å². The van der Waals surface area contributed by atoms with Crippen molar-refractivity contribution >= 4 is 11.8 Å². The standard InChI is InChI=1S/C11H20N4OS/c1-15-10(4-5-12)13-14-11(15)17-8-9-3-2-6-16-7-9/h9H,2-8,12H2,1H3. The average molecular weight is 256 g/mol. The molecule has 1 aliphatic rings. The summed E-state index contributed by atoms with van der Waals surface area (Å²) in [6.45, 7) is 2.43. The normalized spacial score (nSPS) is 20.7. The second kappa shape index (κ2) is 6.37. The molecule has 0 aliphatic carbocycles. The molecule has 2 rings (SSSR count). The molecule has 0 aromatic carbocycles. The lowest BCUT2D eigenvalue weighted by Crippen LogP contribution is -2.19. The van der Waals surface area contributed by atoms with Gasteiger partial charge < -0.3 is 15.0 Å². The van der Waals surface area contributed by atoms with Crippen LogP contribution in [-0.4, -0.2) is 40.3 Å². The first-order chi connectivity index (χ1) is 8.31. The molecule has 17 heavy (non-hydrogen) atoms. The number of nitrogens with zero attached hydrogens (tertiary/aromatic N) is 3. The first-order valence-electron chi connectivity index (χ1n) is 6.10. The maximum Gasteiger partial charge on any atom is 0.190 e. The molecule has 2 N–H and O–H groups in total. The van der Waals surface area contributed by atoms with Crippen molar-refractivity contribution in [1.82, 2.24) is 14.8 Å². The highest BCUT2D eigenvalue weighted by atomic mass is 32.2. The molecule has 96 valence electrons. The van der Waals surface area contributed by atoms with E-state index >= 15 is 0 Å². The Balaban J connectivity index is 1.85. The lowest BCUT2D eigenvalue weighted by Gasteiger charge is -2.21. The van der Waals surface area contributed by atoms with Crippen LogP contribution in [0.3, 0.4) is 0 Å². The smallest absolute Gasteiger partial charge is 0.190 e. The van der Waals surface area contributed by atoms with Crippen LogP contribution in [0.15, 0.2) is 5.16 Å². The van der Waals surface area contributed by atoms with Gasteiger partial charge in [0.1, 0.15) is 5.82 Å². The van der Waals surface area contributed by atoms with Gasteiger partial charge >= 0.3 is 0 Å². The summed E-state index contributed by atoms with van der Waals surface area (Å²) in [5.41, 5.74) is 5.53. The molecule has 0 radical (unpaired) electrons. The molecule has 1 aliphatic heterocycles. The number of nitrogens with two attached hydrogens (primary N) is 1. The molecule has 5 nitrogen and oxygen atoms in total. The van der Waals surface area contributed by atoms with Crippen LogP contribution in [0, 0.1) is 5.92 Å². The third-order valence-corrected chi connectivity index (χ3v) is 4.25. The van der Waals surface area contributed by atoms with Crippen molar-refractivity contribution in [2.45, 2.75) is 24.4 Å². The van der Waals surface area contributed by atoms with Crippen LogP contribution in [0.5, 0.6) is 0 Å². The van der Waals surface area contributed by atoms with Crippen LogP contribution in [0.2, 0.25) is 0 Å². The van der Waals surface area contributed by atoms with E-state index in [1.807, 2.05) is 11.6 Å². The van der Waals surface area contributed by atoms with Gasteiger partial charge in [0.05, 0.1) is 6.61 Å². The Morgan fingerprint density at radius 2 is 2.41 bits per heavy atom. The average Bonchev–Trinajstić information content (AvgIpc) is 2.70. The highest BCUT2D eigenvalue weighted by Crippen LogP contribution is 2.23. The molecule has 0 bridgehead atoms. The maximum atomic E-state index is 5.53. The Morgan fingerprint density at radius 1 is 1.53 bits per heavy atom. The lowest BCUT2D eigenvalue weighted by atomic mass is 10.1. The summed E-state index contributed by atoms with van der Waals surface area (Å²) in [6, 6.07) is 0. The van der Waals surface area contributed by atoms with E-state index in [9.17, 15) is 0 Å². The third-order valence-electron chi connectivity index (χ3n) is 3.00. The Morgan fingerprint density at radius 3 is 3.12 bits per heavy atom. The van der Waals surface area contributed by atoms with Gasteiger partial charge in [-0.1, -0.05) is 11.8 Å². The third kappa shape index (κ3) is 3.43. The van der Waals surface area contributed by atoms with Gasteiger partial charge in [0.2, 0.25) is 0 Å². The molecule has 0 spiro atoms. The summed E-state index contributed by atoms with van der Waals surface area (Å²) >= 11 is 1.77. The summed E-state index contributed by atoms with van der Waals surface area (Å²) in [6.07, 6.45) is 3.24. The largest absolute Gasteiger partial charge is 0.381 e. The minimum atomic E-state index is 0.618. The molecule has 1 saturated heterocycles. The van der Waals surface area contributed by atoms with Crippen LogP contribution in [-0.2, 0) is 18.2 Å². The van der Waals surface area contributed by atoms with E-state index in [0.717, 1.165) is 36.4 Å². The van der Waals surface area contributed by atoms with Crippen LogP contribution in [0.4, 0.5) is 0 Å². The second-order valence-corrected chi connectivity index (χ2v) is 5.38. The fourth-order valence-corrected chi connectivity index (χ4v) is 2.99. The minimum Gasteiger partial charge on any atom is -0.381 e. The van der Waals surface area contributed by atoms with Gasteiger partial charge in [0.25, 0.3) is 0 Å². The quantitative estimate of drug-likeness (QED) is 0.791.